The minimum Gasteiger partial charge on any atom is -0.354 e. The Hall–Kier alpha value is -1.06. The summed E-state index contributed by atoms with van der Waals surface area (Å²) < 4.78 is 0. The van der Waals surface area contributed by atoms with Gasteiger partial charge in [-0.1, -0.05) is 0 Å². The highest BCUT2D eigenvalue weighted by Gasteiger charge is 2.53. The van der Waals surface area contributed by atoms with Crippen molar-refractivity contribution in [3.63, 3.8) is 0 Å². The SMILES string of the molecule is CC(C)NC(=O)[C@H]1[C@H]2CC[C@@H](C2)[C@@H]1C(=O)NC(C)C. The average Bonchev–Trinajstić information content (AvgIpc) is 2.85. The zero-order valence-electron chi connectivity index (χ0n) is 12.4. The largest absolute Gasteiger partial charge is 0.354 e. The summed E-state index contributed by atoms with van der Waals surface area (Å²) in [5.41, 5.74) is 0. The van der Waals surface area contributed by atoms with E-state index in [1.807, 2.05) is 27.7 Å². The zero-order chi connectivity index (χ0) is 14.2. The van der Waals surface area contributed by atoms with Crippen molar-refractivity contribution >= 4 is 11.8 Å². The monoisotopic (exact) mass is 266 g/mol. The predicted octanol–water partition coefficient (Wildman–Crippen LogP) is 1.70. The van der Waals surface area contributed by atoms with Gasteiger partial charge in [0.25, 0.3) is 0 Å². The van der Waals surface area contributed by atoms with Crippen molar-refractivity contribution in [2.75, 3.05) is 0 Å². The van der Waals surface area contributed by atoms with Gasteiger partial charge >= 0.3 is 0 Å². The highest BCUT2D eigenvalue weighted by Crippen LogP contribution is 2.52. The molecular weight excluding hydrogens is 240 g/mol. The first-order valence-electron chi connectivity index (χ1n) is 7.51. The van der Waals surface area contributed by atoms with Crippen LogP contribution in [-0.2, 0) is 9.59 Å². The molecule has 0 aromatic carbocycles. The molecule has 0 aromatic rings. The number of amides is 2. The summed E-state index contributed by atoms with van der Waals surface area (Å²) in [5, 5.41) is 5.98. The van der Waals surface area contributed by atoms with Gasteiger partial charge in [-0.25, -0.2) is 0 Å². The molecule has 0 aromatic heterocycles. The standard InChI is InChI=1S/C15H26N2O2/c1-8(2)16-14(18)12-10-5-6-11(7-10)13(12)15(19)17-9(3)4/h8-13H,5-7H2,1-4H3,(H,16,18)(H,17,19)/t10-,11-,12-,13-/m0/s1. The van der Waals surface area contributed by atoms with Crippen LogP contribution < -0.4 is 10.6 Å². The fraction of sp³-hybridized carbons (Fsp3) is 0.867. The molecule has 2 fully saturated rings. The molecule has 0 radical (unpaired) electrons. The third kappa shape index (κ3) is 2.93. The molecule has 2 amide bonds. The summed E-state index contributed by atoms with van der Waals surface area (Å²) in [5.74, 6) is 0.746. The lowest BCUT2D eigenvalue weighted by Crippen LogP contribution is -2.47. The van der Waals surface area contributed by atoms with Gasteiger partial charge in [-0.05, 0) is 58.8 Å². The van der Waals surface area contributed by atoms with Gasteiger partial charge in [0.1, 0.15) is 0 Å². The molecule has 2 bridgehead atoms. The smallest absolute Gasteiger partial charge is 0.224 e. The molecule has 4 nitrogen and oxygen atoms in total. The third-order valence-corrected chi connectivity index (χ3v) is 4.38. The second-order valence-electron chi connectivity index (χ2n) is 6.71. The Balaban J connectivity index is 2.10. The van der Waals surface area contributed by atoms with Crippen LogP contribution >= 0.6 is 0 Å². The van der Waals surface area contributed by atoms with Gasteiger partial charge in [0.2, 0.25) is 11.8 Å². The van der Waals surface area contributed by atoms with Crippen molar-refractivity contribution in [3.05, 3.63) is 0 Å². The molecule has 0 aliphatic heterocycles. The van der Waals surface area contributed by atoms with E-state index in [2.05, 4.69) is 10.6 Å². The first-order chi connectivity index (χ1) is 8.90. The molecule has 2 rings (SSSR count). The topological polar surface area (TPSA) is 58.2 Å². The Bertz CT molecular complexity index is 331. The van der Waals surface area contributed by atoms with Crippen molar-refractivity contribution in [2.45, 2.75) is 59.0 Å². The number of carbonyl (C=O) groups excluding carboxylic acids is 2. The molecule has 0 heterocycles. The van der Waals surface area contributed by atoms with Gasteiger partial charge < -0.3 is 10.6 Å². The highest BCUT2D eigenvalue weighted by atomic mass is 16.2. The number of carbonyl (C=O) groups is 2. The molecule has 2 N–H and O–H groups in total. The molecule has 2 saturated carbocycles. The van der Waals surface area contributed by atoms with Crippen LogP contribution in [0.5, 0.6) is 0 Å². The van der Waals surface area contributed by atoms with Gasteiger partial charge in [-0.2, -0.15) is 0 Å². The van der Waals surface area contributed by atoms with Crippen LogP contribution in [0.1, 0.15) is 47.0 Å². The van der Waals surface area contributed by atoms with E-state index in [1.54, 1.807) is 0 Å². The Kier molecular flexibility index (Phi) is 4.16. The fourth-order valence-electron chi connectivity index (χ4n) is 3.81. The number of hydrogen-bond acceptors (Lipinski definition) is 2. The Morgan fingerprint density at radius 3 is 1.53 bits per heavy atom. The van der Waals surface area contributed by atoms with Crippen molar-refractivity contribution in [3.8, 4) is 0 Å². The summed E-state index contributed by atoms with van der Waals surface area (Å²) in [6.45, 7) is 7.87. The summed E-state index contributed by atoms with van der Waals surface area (Å²) in [6, 6.07) is 0.279. The zero-order valence-corrected chi connectivity index (χ0v) is 12.4. The first kappa shape index (κ1) is 14.4. The quantitative estimate of drug-likeness (QED) is 0.813. The summed E-state index contributed by atoms with van der Waals surface area (Å²) >= 11 is 0. The van der Waals surface area contributed by atoms with E-state index in [9.17, 15) is 9.59 Å². The minimum atomic E-state index is -0.111. The van der Waals surface area contributed by atoms with Crippen LogP contribution in [0.3, 0.4) is 0 Å². The second-order valence-corrected chi connectivity index (χ2v) is 6.71. The molecule has 2 aliphatic rings. The molecular formula is C15H26N2O2. The maximum absolute atomic E-state index is 12.4. The fourth-order valence-corrected chi connectivity index (χ4v) is 3.81. The summed E-state index contributed by atoms with van der Waals surface area (Å²) in [7, 11) is 0. The van der Waals surface area contributed by atoms with Crippen LogP contribution in [0, 0.1) is 23.7 Å². The van der Waals surface area contributed by atoms with E-state index < -0.39 is 0 Å². The first-order valence-corrected chi connectivity index (χ1v) is 7.51. The molecule has 4 atom stereocenters. The van der Waals surface area contributed by atoms with E-state index in [1.165, 1.54) is 0 Å². The average molecular weight is 266 g/mol. The molecule has 4 heteroatoms. The molecule has 0 saturated heterocycles. The van der Waals surface area contributed by atoms with Crippen LogP contribution in [0.2, 0.25) is 0 Å². The highest BCUT2D eigenvalue weighted by molar-refractivity contribution is 5.89. The van der Waals surface area contributed by atoms with E-state index in [-0.39, 0.29) is 35.7 Å². The van der Waals surface area contributed by atoms with E-state index >= 15 is 0 Å². The lowest BCUT2D eigenvalue weighted by Gasteiger charge is -2.30. The Labute approximate surface area is 115 Å². The maximum Gasteiger partial charge on any atom is 0.224 e. The van der Waals surface area contributed by atoms with E-state index in [0.717, 1.165) is 19.3 Å². The third-order valence-electron chi connectivity index (χ3n) is 4.38. The van der Waals surface area contributed by atoms with Crippen LogP contribution in [0.25, 0.3) is 0 Å². The molecule has 108 valence electrons. The van der Waals surface area contributed by atoms with Crippen molar-refractivity contribution < 1.29 is 9.59 Å². The summed E-state index contributed by atoms with van der Waals surface area (Å²) in [4.78, 5) is 24.7. The lowest BCUT2D eigenvalue weighted by atomic mass is 9.78. The van der Waals surface area contributed by atoms with Crippen molar-refractivity contribution in [1.82, 2.24) is 10.6 Å². The van der Waals surface area contributed by atoms with Crippen molar-refractivity contribution in [2.24, 2.45) is 23.7 Å². The normalized spacial score (nSPS) is 32.9. The number of fused-ring (bicyclic) bond motifs is 2. The van der Waals surface area contributed by atoms with Crippen LogP contribution in [-0.4, -0.2) is 23.9 Å². The van der Waals surface area contributed by atoms with Gasteiger partial charge in [0, 0.05) is 12.1 Å². The molecule has 0 spiro atoms. The number of rotatable bonds is 4. The molecule has 2 aliphatic carbocycles. The predicted molar refractivity (Wildman–Crippen MR) is 74.4 cm³/mol. The van der Waals surface area contributed by atoms with E-state index in [4.69, 9.17) is 0 Å². The number of hydrogen-bond donors (Lipinski definition) is 2. The van der Waals surface area contributed by atoms with Crippen LogP contribution in [0.4, 0.5) is 0 Å². The van der Waals surface area contributed by atoms with Crippen molar-refractivity contribution in [1.29, 1.82) is 0 Å². The van der Waals surface area contributed by atoms with Gasteiger partial charge in [0.05, 0.1) is 11.8 Å². The Morgan fingerprint density at radius 2 is 1.21 bits per heavy atom. The number of nitrogens with one attached hydrogen (secondary N) is 2. The van der Waals surface area contributed by atoms with Crippen LogP contribution in [0.15, 0.2) is 0 Å². The second kappa shape index (κ2) is 5.51. The van der Waals surface area contributed by atoms with Gasteiger partial charge in [-0.15, -0.1) is 0 Å². The van der Waals surface area contributed by atoms with Gasteiger partial charge in [-0.3, -0.25) is 9.59 Å². The minimum absolute atomic E-state index is 0.0751. The lowest BCUT2D eigenvalue weighted by molar-refractivity contribution is -0.137. The molecule has 0 unspecified atom stereocenters. The molecule has 19 heavy (non-hydrogen) atoms. The van der Waals surface area contributed by atoms with E-state index in [0.29, 0.717) is 11.8 Å². The summed E-state index contributed by atoms with van der Waals surface area (Å²) in [6.07, 6.45) is 3.25. The maximum atomic E-state index is 12.4. The Morgan fingerprint density at radius 1 is 0.842 bits per heavy atom. The van der Waals surface area contributed by atoms with Gasteiger partial charge in [0.15, 0.2) is 0 Å².